The number of guanidine groups is 1. The average Bonchev–Trinajstić information content (AvgIpc) is 2.79. The van der Waals surface area contributed by atoms with Crippen LogP contribution < -0.4 is 10.1 Å². The number of ether oxygens (including phenoxy) is 1. The van der Waals surface area contributed by atoms with Gasteiger partial charge in [-0.15, -0.1) is 24.0 Å². The largest absolute Gasteiger partial charge is 0.497 e. The number of rotatable bonds is 6. The van der Waals surface area contributed by atoms with Gasteiger partial charge in [0.15, 0.2) is 5.96 Å². The van der Waals surface area contributed by atoms with Crippen molar-refractivity contribution in [2.45, 2.75) is 25.7 Å². The molecule has 0 radical (unpaired) electrons. The Hall–Kier alpha value is -1.26. The lowest BCUT2D eigenvalue weighted by molar-refractivity contribution is -0.133. The van der Waals surface area contributed by atoms with E-state index in [0.29, 0.717) is 6.54 Å². The van der Waals surface area contributed by atoms with Gasteiger partial charge in [0.1, 0.15) is 5.75 Å². The second kappa shape index (κ2) is 13.3. The number of amides is 1. The van der Waals surface area contributed by atoms with Gasteiger partial charge in [0.2, 0.25) is 5.91 Å². The van der Waals surface area contributed by atoms with Crippen molar-refractivity contribution in [1.29, 1.82) is 0 Å². The van der Waals surface area contributed by atoms with Crippen LogP contribution in [0.2, 0.25) is 5.02 Å². The number of hydrogen-bond donors (Lipinski definition) is 1. The van der Waals surface area contributed by atoms with Crippen LogP contribution in [0.25, 0.3) is 0 Å². The summed E-state index contributed by atoms with van der Waals surface area (Å²) < 4.78 is 5.20. The highest BCUT2D eigenvalue weighted by atomic mass is 127. The third kappa shape index (κ3) is 7.68. The number of benzene rings is 1. The number of nitrogens with zero attached hydrogens (tertiary/aromatic N) is 4. The molecule has 9 heteroatoms. The lowest BCUT2D eigenvalue weighted by Crippen LogP contribution is -2.54. The van der Waals surface area contributed by atoms with E-state index in [9.17, 15) is 4.79 Å². The Kier molecular flexibility index (Phi) is 11.2. The van der Waals surface area contributed by atoms with Gasteiger partial charge in [-0.2, -0.15) is 0 Å². The molecule has 2 aliphatic rings. The summed E-state index contributed by atoms with van der Waals surface area (Å²) in [5.41, 5.74) is 1.08. The number of hydrogen-bond acceptors (Lipinski definition) is 4. The first-order valence-corrected chi connectivity index (χ1v) is 11.3. The molecule has 1 aromatic carbocycles. The van der Waals surface area contributed by atoms with E-state index >= 15 is 0 Å². The molecule has 2 heterocycles. The average molecular weight is 564 g/mol. The van der Waals surface area contributed by atoms with Crippen molar-refractivity contribution in [3.63, 3.8) is 0 Å². The molecule has 0 aromatic heterocycles. The van der Waals surface area contributed by atoms with E-state index in [1.807, 2.05) is 30.1 Å². The van der Waals surface area contributed by atoms with Crippen LogP contribution >= 0.6 is 35.6 Å². The molecular weight excluding hydrogens is 529 g/mol. The highest BCUT2D eigenvalue weighted by molar-refractivity contribution is 14.0. The molecule has 0 unspecified atom stereocenters. The smallest absolute Gasteiger partial charge is 0.236 e. The first kappa shape index (κ1) is 26.0. The summed E-state index contributed by atoms with van der Waals surface area (Å²) in [5.74, 6) is 1.95. The molecule has 0 saturated carbocycles. The first-order valence-electron chi connectivity index (χ1n) is 10.9. The molecule has 2 fully saturated rings. The highest BCUT2D eigenvalue weighted by Gasteiger charge is 2.24. The fourth-order valence-electron chi connectivity index (χ4n) is 4.05. The Morgan fingerprint density at radius 1 is 1.10 bits per heavy atom. The van der Waals surface area contributed by atoms with Crippen LogP contribution in [-0.4, -0.2) is 93.1 Å². The maximum Gasteiger partial charge on any atom is 0.236 e. The Bertz CT molecular complexity index is 735. The Morgan fingerprint density at radius 3 is 2.42 bits per heavy atom. The number of carbonyl (C=O) groups is 1. The summed E-state index contributed by atoms with van der Waals surface area (Å²) in [6.45, 7) is 6.64. The summed E-state index contributed by atoms with van der Waals surface area (Å²) in [7, 11) is 3.45. The summed E-state index contributed by atoms with van der Waals surface area (Å²) >= 11 is 6.33. The molecule has 1 N–H and O–H groups in total. The minimum absolute atomic E-state index is 0. The molecule has 0 bridgehead atoms. The lowest BCUT2D eigenvalue weighted by Gasteiger charge is -2.37. The van der Waals surface area contributed by atoms with E-state index in [1.54, 1.807) is 7.11 Å². The maximum absolute atomic E-state index is 12.5. The normalized spacial score (nSPS) is 17.8. The summed E-state index contributed by atoms with van der Waals surface area (Å²) in [6.07, 6.45) is 4.35. The van der Waals surface area contributed by atoms with E-state index in [0.717, 1.165) is 87.4 Å². The van der Waals surface area contributed by atoms with Crippen molar-refractivity contribution < 1.29 is 9.53 Å². The van der Waals surface area contributed by atoms with Crippen LogP contribution in [0.3, 0.4) is 0 Å². The fourth-order valence-corrected chi connectivity index (χ4v) is 4.32. The zero-order chi connectivity index (χ0) is 21.3. The molecule has 31 heavy (non-hydrogen) atoms. The zero-order valence-corrected chi connectivity index (χ0v) is 21.7. The number of halogens is 2. The number of piperidine rings is 1. The second-order valence-electron chi connectivity index (χ2n) is 7.89. The van der Waals surface area contributed by atoms with Crippen LogP contribution in [0.5, 0.6) is 5.75 Å². The molecule has 1 amide bonds. The SMILES string of the molecule is CN=C(NCCc1ccc(OC)cc1Cl)N1CCN(CC(=O)N2CCCCC2)CC1.I. The predicted molar refractivity (Wildman–Crippen MR) is 137 cm³/mol. The molecule has 2 saturated heterocycles. The van der Waals surface area contributed by atoms with E-state index in [1.165, 1.54) is 6.42 Å². The quantitative estimate of drug-likeness (QED) is 0.328. The van der Waals surface area contributed by atoms with Crippen molar-refractivity contribution in [2.24, 2.45) is 4.99 Å². The molecule has 0 aliphatic carbocycles. The van der Waals surface area contributed by atoms with Crippen LogP contribution in [0, 0.1) is 0 Å². The lowest BCUT2D eigenvalue weighted by atomic mass is 10.1. The van der Waals surface area contributed by atoms with Gasteiger partial charge < -0.3 is 19.9 Å². The van der Waals surface area contributed by atoms with Gasteiger partial charge in [0, 0.05) is 57.9 Å². The third-order valence-electron chi connectivity index (χ3n) is 5.89. The third-order valence-corrected chi connectivity index (χ3v) is 6.24. The van der Waals surface area contributed by atoms with E-state index in [4.69, 9.17) is 16.3 Å². The van der Waals surface area contributed by atoms with Gasteiger partial charge in [-0.05, 0) is 43.4 Å². The second-order valence-corrected chi connectivity index (χ2v) is 8.29. The Morgan fingerprint density at radius 2 is 1.81 bits per heavy atom. The van der Waals surface area contributed by atoms with Crippen molar-refractivity contribution in [3.05, 3.63) is 28.8 Å². The Labute approximate surface area is 208 Å². The summed E-state index contributed by atoms with van der Waals surface area (Å²) in [6, 6.07) is 5.78. The predicted octanol–water partition coefficient (Wildman–Crippen LogP) is 2.71. The van der Waals surface area contributed by atoms with Gasteiger partial charge in [0.05, 0.1) is 13.7 Å². The van der Waals surface area contributed by atoms with E-state index in [-0.39, 0.29) is 29.9 Å². The van der Waals surface area contributed by atoms with Crippen molar-refractivity contribution >= 4 is 47.4 Å². The molecule has 0 atom stereocenters. The van der Waals surface area contributed by atoms with Crippen LogP contribution in [0.1, 0.15) is 24.8 Å². The van der Waals surface area contributed by atoms with Gasteiger partial charge in [-0.3, -0.25) is 14.7 Å². The maximum atomic E-state index is 12.5. The number of carbonyl (C=O) groups excluding carboxylic acids is 1. The molecule has 7 nitrogen and oxygen atoms in total. The molecular formula is C22H35ClIN5O2. The number of aliphatic imine (C=N–C) groups is 1. The van der Waals surface area contributed by atoms with E-state index < -0.39 is 0 Å². The minimum atomic E-state index is 0. The first-order chi connectivity index (χ1) is 14.6. The standard InChI is InChI=1S/C22H34ClN5O2.HI/c1-24-22(25-9-8-18-6-7-19(30-2)16-20(18)23)28-14-12-26(13-15-28)17-21(29)27-10-4-3-5-11-27;/h6-7,16H,3-5,8-15,17H2,1-2H3,(H,24,25);1H. The molecule has 0 spiro atoms. The van der Waals surface area contributed by atoms with Crippen molar-refractivity contribution in [2.75, 3.05) is 66.5 Å². The van der Waals surface area contributed by atoms with Gasteiger partial charge in [-0.25, -0.2) is 0 Å². The number of nitrogens with one attached hydrogen (secondary N) is 1. The van der Waals surface area contributed by atoms with Crippen LogP contribution in [-0.2, 0) is 11.2 Å². The fraction of sp³-hybridized carbons (Fsp3) is 0.636. The topological polar surface area (TPSA) is 60.4 Å². The van der Waals surface area contributed by atoms with Crippen molar-refractivity contribution in [3.8, 4) is 5.75 Å². The van der Waals surface area contributed by atoms with Crippen LogP contribution in [0.15, 0.2) is 23.2 Å². The Balaban J connectivity index is 0.00000341. The molecule has 1 aromatic rings. The zero-order valence-electron chi connectivity index (χ0n) is 18.6. The van der Waals surface area contributed by atoms with Crippen molar-refractivity contribution in [1.82, 2.24) is 20.0 Å². The van der Waals surface area contributed by atoms with Crippen LogP contribution in [0.4, 0.5) is 0 Å². The molecule has 174 valence electrons. The highest BCUT2D eigenvalue weighted by Crippen LogP contribution is 2.22. The number of piperazine rings is 1. The summed E-state index contributed by atoms with van der Waals surface area (Å²) in [5, 5.41) is 4.16. The minimum Gasteiger partial charge on any atom is -0.497 e. The summed E-state index contributed by atoms with van der Waals surface area (Å²) in [4.78, 5) is 23.5. The molecule has 2 aliphatic heterocycles. The number of methoxy groups -OCH3 is 1. The van der Waals surface area contributed by atoms with E-state index in [2.05, 4.69) is 20.1 Å². The van der Waals surface area contributed by atoms with Gasteiger partial charge in [-0.1, -0.05) is 17.7 Å². The number of likely N-dealkylation sites (tertiary alicyclic amines) is 1. The van der Waals surface area contributed by atoms with Gasteiger partial charge >= 0.3 is 0 Å². The molecule has 3 rings (SSSR count). The van der Waals surface area contributed by atoms with Gasteiger partial charge in [0.25, 0.3) is 0 Å². The monoisotopic (exact) mass is 563 g/mol.